The molecule has 1 fully saturated rings. The molecule has 1 atom stereocenters. The monoisotopic (exact) mass is 185 g/mol. The van der Waals surface area contributed by atoms with Gasteiger partial charge >= 0.3 is 0 Å². The lowest BCUT2D eigenvalue weighted by Gasteiger charge is -2.45. The quantitative estimate of drug-likeness (QED) is 0.618. The first-order valence-electron chi connectivity index (χ1n) is 4.66. The van der Waals surface area contributed by atoms with Crippen molar-refractivity contribution in [3.63, 3.8) is 0 Å². The van der Waals surface area contributed by atoms with Crippen molar-refractivity contribution < 1.29 is 9.53 Å². The first-order valence-corrected chi connectivity index (χ1v) is 4.66. The van der Waals surface area contributed by atoms with E-state index in [0.717, 1.165) is 0 Å². The molecule has 0 aliphatic carbocycles. The number of amides is 1. The molecule has 1 aliphatic rings. The van der Waals surface area contributed by atoms with Crippen LogP contribution in [0.3, 0.4) is 0 Å². The van der Waals surface area contributed by atoms with E-state index >= 15 is 0 Å². The summed E-state index contributed by atoms with van der Waals surface area (Å²) in [5.41, 5.74) is -0.217. The van der Waals surface area contributed by atoms with Crippen LogP contribution in [0.15, 0.2) is 0 Å². The van der Waals surface area contributed by atoms with Gasteiger partial charge in [0, 0.05) is 0 Å². The third kappa shape index (κ3) is 2.21. The van der Waals surface area contributed by atoms with Gasteiger partial charge in [-0.2, -0.15) is 0 Å². The van der Waals surface area contributed by atoms with Crippen LogP contribution in [0, 0.1) is 5.41 Å². The zero-order valence-electron chi connectivity index (χ0n) is 9.10. The molecule has 0 bridgehead atoms. The zero-order valence-corrected chi connectivity index (χ0v) is 9.10. The van der Waals surface area contributed by atoms with Crippen LogP contribution in [0.1, 0.15) is 34.6 Å². The molecule has 76 valence electrons. The molecule has 0 spiro atoms. The van der Waals surface area contributed by atoms with Crippen molar-refractivity contribution in [3.05, 3.63) is 0 Å². The summed E-state index contributed by atoms with van der Waals surface area (Å²) in [6.45, 7) is 10.6. The van der Waals surface area contributed by atoms with Gasteiger partial charge in [0.2, 0.25) is 5.91 Å². The van der Waals surface area contributed by atoms with Gasteiger partial charge in [-0.05, 0) is 19.3 Å². The van der Waals surface area contributed by atoms with Crippen molar-refractivity contribution in [3.8, 4) is 0 Å². The van der Waals surface area contributed by atoms with Crippen molar-refractivity contribution in [2.45, 2.75) is 46.3 Å². The van der Waals surface area contributed by atoms with Crippen LogP contribution in [0.2, 0.25) is 0 Å². The minimum atomic E-state index is -0.270. The van der Waals surface area contributed by atoms with Crippen molar-refractivity contribution in [2.24, 2.45) is 5.41 Å². The van der Waals surface area contributed by atoms with E-state index in [2.05, 4.69) is 26.1 Å². The maximum atomic E-state index is 11.1. The number of hydrogen-bond acceptors (Lipinski definition) is 2. The fraction of sp³-hybridized carbons (Fsp3) is 0.900. The van der Waals surface area contributed by atoms with Crippen molar-refractivity contribution in [2.75, 3.05) is 6.61 Å². The molecule has 3 heteroatoms. The lowest BCUT2D eigenvalue weighted by atomic mass is 9.77. The summed E-state index contributed by atoms with van der Waals surface area (Å²) in [5.74, 6) is -0.0227. The predicted octanol–water partition coefficient (Wildman–Crippen LogP) is 1.33. The average molecular weight is 185 g/mol. The van der Waals surface area contributed by atoms with E-state index in [0.29, 0.717) is 0 Å². The first-order chi connectivity index (χ1) is 5.73. The van der Waals surface area contributed by atoms with Crippen molar-refractivity contribution >= 4 is 5.91 Å². The summed E-state index contributed by atoms with van der Waals surface area (Å²) in [4.78, 5) is 11.1. The molecule has 0 radical (unpaired) electrons. The van der Waals surface area contributed by atoms with E-state index in [1.165, 1.54) is 0 Å². The fourth-order valence-corrected chi connectivity index (χ4v) is 2.16. The normalized spacial score (nSPS) is 28.4. The topological polar surface area (TPSA) is 38.3 Å². The number of carbonyl (C=O) groups is 1. The van der Waals surface area contributed by atoms with E-state index in [9.17, 15) is 4.79 Å². The highest BCUT2D eigenvalue weighted by Gasteiger charge is 2.43. The standard InChI is InChI=1S/C10H19NO2/c1-9(2,3)8-10(4,5)11-7(12)6-13-8/h8H,6H2,1-5H3,(H,11,12)/t8-/m1/s1. The maximum Gasteiger partial charge on any atom is 0.246 e. The summed E-state index contributed by atoms with van der Waals surface area (Å²) in [6, 6.07) is 0. The summed E-state index contributed by atoms with van der Waals surface area (Å²) in [6.07, 6.45) is 0.0673. The highest BCUT2D eigenvalue weighted by molar-refractivity contribution is 5.78. The van der Waals surface area contributed by atoms with Crippen LogP contribution in [-0.4, -0.2) is 24.2 Å². The van der Waals surface area contributed by atoms with Crippen molar-refractivity contribution in [1.29, 1.82) is 0 Å². The first kappa shape index (κ1) is 10.5. The molecule has 0 unspecified atom stereocenters. The molecule has 1 aliphatic heterocycles. The van der Waals surface area contributed by atoms with Gasteiger partial charge in [-0.25, -0.2) is 0 Å². The van der Waals surface area contributed by atoms with Gasteiger partial charge in [0.05, 0.1) is 11.6 Å². The van der Waals surface area contributed by atoms with Crippen LogP contribution in [0.4, 0.5) is 0 Å². The van der Waals surface area contributed by atoms with Gasteiger partial charge in [-0.1, -0.05) is 20.8 Å². The molecule has 0 aromatic carbocycles. The second kappa shape index (κ2) is 2.98. The minimum Gasteiger partial charge on any atom is -0.365 e. The predicted molar refractivity (Wildman–Crippen MR) is 51.4 cm³/mol. The number of carbonyl (C=O) groups excluding carboxylic acids is 1. The Labute approximate surface area is 79.8 Å². The molecule has 0 saturated carbocycles. The summed E-state index contributed by atoms with van der Waals surface area (Å²) in [5, 5.41) is 2.95. The molecule has 0 aromatic rings. The van der Waals surface area contributed by atoms with Crippen molar-refractivity contribution in [1.82, 2.24) is 5.32 Å². The third-order valence-electron chi connectivity index (χ3n) is 2.28. The van der Waals surface area contributed by atoms with Crippen LogP contribution in [0.25, 0.3) is 0 Å². The summed E-state index contributed by atoms with van der Waals surface area (Å²) in [7, 11) is 0. The minimum absolute atomic E-state index is 0.0227. The van der Waals surface area contributed by atoms with E-state index in [4.69, 9.17) is 4.74 Å². The van der Waals surface area contributed by atoms with E-state index in [1.807, 2.05) is 13.8 Å². The Morgan fingerprint density at radius 2 is 2.00 bits per heavy atom. The summed E-state index contributed by atoms with van der Waals surface area (Å²) < 4.78 is 5.56. The Hall–Kier alpha value is -0.570. The molecular weight excluding hydrogens is 166 g/mol. The van der Waals surface area contributed by atoms with Crippen LogP contribution in [0.5, 0.6) is 0 Å². The Kier molecular flexibility index (Phi) is 2.41. The van der Waals surface area contributed by atoms with Crippen LogP contribution in [-0.2, 0) is 9.53 Å². The molecule has 3 nitrogen and oxygen atoms in total. The second-order valence-electron chi connectivity index (χ2n) is 5.33. The van der Waals surface area contributed by atoms with E-state index in [1.54, 1.807) is 0 Å². The number of rotatable bonds is 0. The Bertz CT molecular complexity index is 215. The number of nitrogens with one attached hydrogen (secondary N) is 1. The number of morpholine rings is 1. The van der Waals surface area contributed by atoms with Gasteiger partial charge in [0.1, 0.15) is 6.61 Å². The molecule has 1 saturated heterocycles. The molecule has 1 rings (SSSR count). The Balaban J connectivity index is 2.82. The lowest BCUT2D eigenvalue weighted by Crippen LogP contribution is -2.62. The molecule has 1 N–H and O–H groups in total. The summed E-state index contributed by atoms with van der Waals surface area (Å²) >= 11 is 0. The number of hydrogen-bond donors (Lipinski definition) is 1. The van der Waals surface area contributed by atoms with E-state index < -0.39 is 0 Å². The maximum absolute atomic E-state index is 11.1. The molecule has 1 heterocycles. The highest BCUT2D eigenvalue weighted by atomic mass is 16.5. The van der Waals surface area contributed by atoms with Crippen LogP contribution < -0.4 is 5.32 Å². The van der Waals surface area contributed by atoms with E-state index in [-0.39, 0.29) is 29.6 Å². The van der Waals surface area contributed by atoms with Gasteiger partial charge in [0.15, 0.2) is 0 Å². The largest absolute Gasteiger partial charge is 0.365 e. The smallest absolute Gasteiger partial charge is 0.246 e. The molecular formula is C10H19NO2. The molecule has 13 heavy (non-hydrogen) atoms. The van der Waals surface area contributed by atoms with Gasteiger partial charge < -0.3 is 10.1 Å². The molecule has 1 amide bonds. The fourth-order valence-electron chi connectivity index (χ4n) is 2.16. The molecule has 0 aromatic heterocycles. The zero-order chi connectivity index (χ0) is 10.3. The lowest BCUT2D eigenvalue weighted by molar-refractivity contribution is -0.151. The Morgan fingerprint density at radius 1 is 1.46 bits per heavy atom. The second-order valence-corrected chi connectivity index (χ2v) is 5.33. The van der Waals surface area contributed by atoms with Crippen LogP contribution >= 0.6 is 0 Å². The Morgan fingerprint density at radius 3 is 2.38 bits per heavy atom. The average Bonchev–Trinajstić information content (AvgIpc) is 1.79. The SMILES string of the molecule is CC(C)(C)[C@H]1OCC(=O)NC1(C)C. The highest BCUT2D eigenvalue weighted by Crippen LogP contribution is 2.32. The van der Waals surface area contributed by atoms with Gasteiger partial charge in [-0.3, -0.25) is 4.79 Å². The van der Waals surface area contributed by atoms with Gasteiger partial charge in [-0.15, -0.1) is 0 Å². The number of ether oxygens (including phenoxy) is 1. The third-order valence-corrected chi connectivity index (χ3v) is 2.28. The van der Waals surface area contributed by atoms with Gasteiger partial charge in [0.25, 0.3) is 0 Å².